The number of benzene rings is 1. The summed E-state index contributed by atoms with van der Waals surface area (Å²) in [7, 11) is 1.49. The summed E-state index contributed by atoms with van der Waals surface area (Å²) in [4.78, 5) is 29.7. The SMILES string of the molecule is COc1cc(F)ccc1-c1c(-c2cnn(C3CN(C(=O)OC(C)(C)C)C3)c2)[nH]c(=O)c2ccsc12. The number of rotatable bonds is 4. The van der Waals surface area contributed by atoms with Crippen LogP contribution in [0, 0.1) is 5.82 Å². The van der Waals surface area contributed by atoms with Crippen molar-refractivity contribution in [2.75, 3.05) is 20.2 Å². The number of fused-ring (bicyclic) bond motifs is 1. The third-order valence-corrected chi connectivity index (χ3v) is 6.77. The van der Waals surface area contributed by atoms with E-state index in [1.165, 1.54) is 30.6 Å². The second-order valence-corrected chi connectivity index (χ2v) is 10.4. The summed E-state index contributed by atoms with van der Waals surface area (Å²) in [5, 5.41) is 6.91. The Bertz CT molecular complexity index is 1480. The van der Waals surface area contributed by atoms with Gasteiger partial charge in [0.15, 0.2) is 0 Å². The Hall–Kier alpha value is -3.66. The fraction of sp³-hybridized carbons (Fsp3) is 0.320. The molecule has 0 unspecified atom stereocenters. The van der Waals surface area contributed by atoms with Gasteiger partial charge in [0.25, 0.3) is 5.56 Å². The van der Waals surface area contributed by atoms with Crippen molar-refractivity contribution in [1.29, 1.82) is 0 Å². The summed E-state index contributed by atoms with van der Waals surface area (Å²) in [5.41, 5.74) is 1.92. The molecule has 0 radical (unpaired) electrons. The van der Waals surface area contributed by atoms with E-state index in [0.29, 0.717) is 41.0 Å². The van der Waals surface area contributed by atoms with E-state index in [1.54, 1.807) is 27.9 Å². The van der Waals surface area contributed by atoms with Gasteiger partial charge in [0.05, 0.1) is 30.4 Å². The molecular formula is C25H25FN4O4S. The van der Waals surface area contributed by atoms with Gasteiger partial charge in [0.1, 0.15) is 17.2 Å². The van der Waals surface area contributed by atoms with Crippen molar-refractivity contribution in [1.82, 2.24) is 19.7 Å². The quantitative estimate of drug-likeness (QED) is 0.427. The van der Waals surface area contributed by atoms with E-state index >= 15 is 0 Å². The Morgan fingerprint density at radius 1 is 1.26 bits per heavy atom. The highest BCUT2D eigenvalue weighted by Gasteiger charge is 2.35. The number of nitrogens with one attached hydrogen (secondary N) is 1. The van der Waals surface area contributed by atoms with Gasteiger partial charge in [-0.15, -0.1) is 11.3 Å². The number of pyridine rings is 1. The second kappa shape index (κ2) is 8.53. The van der Waals surface area contributed by atoms with Gasteiger partial charge in [-0.25, -0.2) is 9.18 Å². The van der Waals surface area contributed by atoms with Crippen LogP contribution in [0.15, 0.2) is 46.8 Å². The number of methoxy groups -OCH3 is 1. The minimum Gasteiger partial charge on any atom is -0.496 e. The maximum atomic E-state index is 13.9. The molecule has 1 saturated heterocycles. The van der Waals surface area contributed by atoms with Gasteiger partial charge in [-0.1, -0.05) is 0 Å². The van der Waals surface area contributed by atoms with E-state index in [0.717, 1.165) is 10.3 Å². The molecule has 1 aromatic carbocycles. The summed E-state index contributed by atoms with van der Waals surface area (Å²) in [6.45, 7) is 6.47. The molecule has 0 atom stereocenters. The van der Waals surface area contributed by atoms with Crippen molar-refractivity contribution in [3.05, 3.63) is 58.2 Å². The summed E-state index contributed by atoms with van der Waals surface area (Å²) < 4.78 is 27.4. The van der Waals surface area contributed by atoms with Crippen LogP contribution in [0.25, 0.3) is 32.5 Å². The van der Waals surface area contributed by atoms with Gasteiger partial charge in [0, 0.05) is 46.7 Å². The Balaban J connectivity index is 1.51. The van der Waals surface area contributed by atoms with Crippen molar-refractivity contribution in [2.24, 2.45) is 0 Å². The van der Waals surface area contributed by atoms with E-state index in [2.05, 4.69) is 10.1 Å². The normalized spacial score (nSPS) is 14.3. The number of halogens is 1. The molecule has 8 nitrogen and oxygen atoms in total. The number of carbonyl (C=O) groups is 1. The number of nitrogens with zero attached hydrogens (tertiary/aromatic N) is 3. The molecule has 4 heterocycles. The third-order valence-electron chi connectivity index (χ3n) is 5.84. The zero-order valence-electron chi connectivity index (χ0n) is 19.8. The first-order chi connectivity index (χ1) is 16.6. The lowest BCUT2D eigenvalue weighted by Crippen LogP contribution is -2.52. The van der Waals surface area contributed by atoms with Gasteiger partial charge in [-0.05, 0) is 44.4 Å². The molecule has 1 aliphatic heterocycles. The van der Waals surface area contributed by atoms with E-state index in [1.807, 2.05) is 32.3 Å². The maximum absolute atomic E-state index is 13.9. The molecule has 1 aliphatic rings. The van der Waals surface area contributed by atoms with E-state index in [-0.39, 0.29) is 17.7 Å². The molecule has 1 amide bonds. The Morgan fingerprint density at radius 2 is 2.03 bits per heavy atom. The molecule has 0 aliphatic carbocycles. The smallest absolute Gasteiger partial charge is 0.410 e. The fourth-order valence-electron chi connectivity index (χ4n) is 4.15. The van der Waals surface area contributed by atoms with Gasteiger partial charge in [-0.3, -0.25) is 9.48 Å². The topological polar surface area (TPSA) is 89.4 Å². The Labute approximate surface area is 204 Å². The van der Waals surface area contributed by atoms with Crippen LogP contribution in [0.2, 0.25) is 0 Å². The third kappa shape index (κ3) is 4.29. The zero-order valence-corrected chi connectivity index (χ0v) is 20.6. The number of amides is 1. The summed E-state index contributed by atoms with van der Waals surface area (Å²) in [5.74, 6) is -0.0428. The number of aromatic nitrogens is 3. The van der Waals surface area contributed by atoms with Crippen LogP contribution in [-0.2, 0) is 4.74 Å². The first-order valence-corrected chi connectivity index (χ1v) is 12.0. The van der Waals surface area contributed by atoms with Crippen molar-refractivity contribution in [3.63, 3.8) is 0 Å². The van der Waals surface area contributed by atoms with Crippen LogP contribution in [-0.4, -0.2) is 51.6 Å². The van der Waals surface area contributed by atoms with E-state index < -0.39 is 11.4 Å². The molecule has 35 heavy (non-hydrogen) atoms. The highest BCUT2D eigenvalue weighted by molar-refractivity contribution is 7.17. The highest BCUT2D eigenvalue weighted by atomic mass is 32.1. The molecule has 182 valence electrons. The van der Waals surface area contributed by atoms with Crippen LogP contribution in [0.4, 0.5) is 9.18 Å². The number of likely N-dealkylation sites (tertiary alicyclic amines) is 1. The molecular weight excluding hydrogens is 471 g/mol. The maximum Gasteiger partial charge on any atom is 0.410 e. The predicted octanol–water partition coefficient (Wildman–Crippen LogP) is 5.06. The van der Waals surface area contributed by atoms with Crippen LogP contribution >= 0.6 is 11.3 Å². The molecule has 0 saturated carbocycles. The van der Waals surface area contributed by atoms with Gasteiger partial charge < -0.3 is 19.4 Å². The molecule has 1 N–H and O–H groups in total. The van der Waals surface area contributed by atoms with Crippen LogP contribution in [0.5, 0.6) is 5.75 Å². The molecule has 3 aromatic heterocycles. The molecule has 0 spiro atoms. The number of thiophene rings is 1. The first-order valence-electron chi connectivity index (χ1n) is 11.1. The van der Waals surface area contributed by atoms with E-state index in [9.17, 15) is 14.0 Å². The number of carbonyl (C=O) groups excluding carboxylic acids is 1. The Kier molecular flexibility index (Phi) is 5.63. The van der Waals surface area contributed by atoms with Crippen LogP contribution < -0.4 is 10.3 Å². The number of hydrogen-bond donors (Lipinski definition) is 1. The van der Waals surface area contributed by atoms with Crippen LogP contribution in [0.1, 0.15) is 26.8 Å². The minimum atomic E-state index is -0.550. The summed E-state index contributed by atoms with van der Waals surface area (Å²) in [6.07, 6.45) is 3.18. The second-order valence-electron chi connectivity index (χ2n) is 9.46. The Morgan fingerprint density at radius 3 is 2.74 bits per heavy atom. The van der Waals surface area contributed by atoms with Gasteiger partial charge >= 0.3 is 6.09 Å². The number of H-pyrrole nitrogens is 1. The van der Waals surface area contributed by atoms with Crippen molar-refractivity contribution in [3.8, 4) is 28.1 Å². The van der Waals surface area contributed by atoms with Gasteiger partial charge in [0.2, 0.25) is 0 Å². The minimum absolute atomic E-state index is 0.00253. The molecule has 1 fully saturated rings. The van der Waals surface area contributed by atoms with Crippen molar-refractivity contribution in [2.45, 2.75) is 32.4 Å². The fourth-order valence-corrected chi connectivity index (χ4v) is 5.11. The standard InChI is InChI=1S/C25H25FN4O4S/c1-25(2,3)34-24(32)29-12-16(13-29)30-11-14(10-27-30)21-20(17-6-5-15(26)9-19(17)33-4)22-18(7-8-35-22)23(31)28-21/h5-11,16H,12-13H2,1-4H3,(H,28,31). The largest absolute Gasteiger partial charge is 0.496 e. The lowest BCUT2D eigenvalue weighted by molar-refractivity contribution is -0.000383. The average Bonchev–Trinajstić information content (AvgIpc) is 3.42. The lowest BCUT2D eigenvalue weighted by atomic mass is 9.99. The molecule has 5 rings (SSSR count). The predicted molar refractivity (Wildman–Crippen MR) is 132 cm³/mol. The van der Waals surface area contributed by atoms with Crippen molar-refractivity contribution >= 4 is 27.5 Å². The van der Waals surface area contributed by atoms with Crippen molar-refractivity contribution < 1.29 is 18.7 Å². The van der Waals surface area contributed by atoms with Gasteiger partial charge in [-0.2, -0.15) is 5.10 Å². The number of hydrogen-bond acceptors (Lipinski definition) is 6. The first kappa shape index (κ1) is 23.1. The van der Waals surface area contributed by atoms with E-state index in [4.69, 9.17) is 9.47 Å². The summed E-state index contributed by atoms with van der Waals surface area (Å²) >= 11 is 1.44. The molecule has 0 bridgehead atoms. The summed E-state index contributed by atoms with van der Waals surface area (Å²) in [6, 6.07) is 6.12. The number of aromatic amines is 1. The zero-order chi connectivity index (χ0) is 24.9. The average molecular weight is 497 g/mol. The highest BCUT2D eigenvalue weighted by Crippen LogP contribution is 2.42. The number of ether oxygens (including phenoxy) is 2. The monoisotopic (exact) mass is 496 g/mol. The lowest BCUT2D eigenvalue weighted by Gasteiger charge is -2.39. The molecule has 4 aromatic rings. The van der Waals surface area contributed by atoms with Crippen LogP contribution in [0.3, 0.4) is 0 Å². The molecule has 10 heteroatoms.